The van der Waals surface area contributed by atoms with Crippen LogP contribution in [0.2, 0.25) is 0 Å². The minimum Gasteiger partial charge on any atom is -0.0654 e. The van der Waals surface area contributed by atoms with Crippen LogP contribution in [-0.2, 0) is 0 Å². The highest BCUT2D eigenvalue weighted by molar-refractivity contribution is 4.44. The van der Waals surface area contributed by atoms with Gasteiger partial charge < -0.3 is 0 Å². The Bertz CT molecular complexity index is 80.0. The fourth-order valence-corrected chi connectivity index (χ4v) is 1.09. The van der Waals surface area contributed by atoms with Crippen LogP contribution in [-0.4, -0.2) is 0 Å². The smallest absolute Gasteiger partial charge is 0.0448 e. The molecule has 0 aliphatic rings. The highest BCUT2D eigenvalue weighted by atomic mass is 14.0. The Balaban J connectivity index is 0. The van der Waals surface area contributed by atoms with Gasteiger partial charge in [-0.15, -0.1) is 0 Å². The second-order valence-electron chi connectivity index (χ2n) is 4.81. The summed E-state index contributed by atoms with van der Waals surface area (Å²) in [4.78, 5) is 0. The molecule has 0 fully saturated rings. The van der Waals surface area contributed by atoms with Gasteiger partial charge in [0.05, 0.1) is 0 Å². The molecule has 0 saturated heterocycles. The van der Waals surface area contributed by atoms with Crippen molar-refractivity contribution in [3.63, 3.8) is 0 Å². The van der Waals surface area contributed by atoms with E-state index in [0.29, 0.717) is 0 Å². The third kappa shape index (κ3) is 17.9. The predicted molar refractivity (Wildman–Crippen MR) is 68.7 cm³/mol. The van der Waals surface area contributed by atoms with Gasteiger partial charge in [0.2, 0.25) is 0 Å². The van der Waals surface area contributed by atoms with E-state index in [4.69, 9.17) is 0 Å². The van der Waals surface area contributed by atoms with Gasteiger partial charge >= 0.3 is 0 Å². The average molecular weight is 200 g/mol. The van der Waals surface area contributed by atoms with Crippen molar-refractivity contribution in [3.05, 3.63) is 0 Å². The van der Waals surface area contributed by atoms with Crippen LogP contribution in [0, 0.1) is 11.8 Å². The van der Waals surface area contributed by atoms with Crippen LogP contribution in [0.3, 0.4) is 0 Å². The summed E-state index contributed by atoms with van der Waals surface area (Å²) >= 11 is 0. The lowest BCUT2D eigenvalue weighted by atomic mass is 10.1. The third-order valence-corrected chi connectivity index (χ3v) is 2.78. The van der Waals surface area contributed by atoms with E-state index in [1.807, 2.05) is 0 Å². The van der Waals surface area contributed by atoms with Crippen molar-refractivity contribution in [2.75, 3.05) is 0 Å². The van der Waals surface area contributed by atoms with Crippen LogP contribution < -0.4 is 0 Å². The zero-order valence-electron chi connectivity index (χ0n) is 11.4. The van der Waals surface area contributed by atoms with Crippen molar-refractivity contribution in [3.8, 4) is 0 Å². The molecule has 0 radical (unpaired) electrons. The second-order valence-corrected chi connectivity index (χ2v) is 4.81. The Morgan fingerprint density at radius 2 is 1.29 bits per heavy atom. The maximum atomic E-state index is 2.29. The van der Waals surface area contributed by atoms with E-state index >= 15 is 0 Å². The van der Waals surface area contributed by atoms with Gasteiger partial charge in [0, 0.05) is 0 Å². The fraction of sp³-hybridized carbons (Fsp3) is 1.00. The Morgan fingerprint density at radius 3 is 1.50 bits per heavy atom. The van der Waals surface area contributed by atoms with E-state index in [1.54, 1.807) is 0 Å². The molecular weight excluding hydrogens is 168 g/mol. The number of hydrogen-bond acceptors (Lipinski definition) is 0. The van der Waals surface area contributed by atoms with E-state index < -0.39 is 0 Å². The van der Waals surface area contributed by atoms with E-state index in [1.165, 1.54) is 38.5 Å². The number of unbranched alkanes of at least 4 members (excludes halogenated alkanes) is 2. The molecule has 0 amide bonds. The van der Waals surface area contributed by atoms with Crippen LogP contribution in [0.1, 0.15) is 80.1 Å². The Labute approximate surface area is 92.5 Å². The van der Waals surface area contributed by atoms with Gasteiger partial charge in [-0.25, -0.2) is 0 Å². The molecule has 0 heterocycles. The molecule has 0 aromatic heterocycles. The highest BCUT2D eigenvalue weighted by Gasteiger charge is 1.90. The molecule has 0 rings (SSSR count). The van der Waals surface area contributed by atoms with Crippen molar-refractivity contribution in [1.29, 1.82) is 0 Å². The first-order chi connectivity index (χ1) is 6.58. The average Bonchev–Trinajstić information content (AvgIpc) is 2.17. The first-order valence-corrected chi connectivity index (χ1v) is 6.58. The van der Waals surface area contributed by atoms with Gasteiger partial charge in [-0.1, -0.05) is 80.1 Å². The standard InChI is InChI=1S/C8H18.C6H14/c1-4-5-6-7-8(2)3;1-4-6(3)5-2/h8H,4-7H2,1-3H3;6H,4-5H2,1-3H3. The third-order valence-electron chi connectivity index (χ3n) is 2.78. The van der Waals surface area contributed by atoms with Crippen LogP contribution in [0.25, 0.3) is 0 Å². The number of rotatable bonds is 6. The van der Waals surface area contributed by atoms with Crippen LogP contribution in [0.4, 0.5) is 0 Å². The van der Waals surface area contributed by atoms with E-state index in [2.05, 4.69) is 41.5 Å². The van der Waals surface area contributed by atoms with Crippen molar-refractivity contribution >= 4 is 0 Å². The maximum Gasteiger partial charge on any atom is -0.0448 e. The van der Waals surface area contributed by atoms with Gasteiger partial charge in [0.15, 0.2) is 0 Å². The van der Waals surface area contributed by atoms with Gasteiger partial charge in [-0.2, -0.15) is 0 Å². The highest BCUT2D eigenvalue weighted by Crippen LogP contribution is 2.06. The topological polar surface area (TPSA) is 0 Å². The zero-order chi connectivity index (χ0) is 11.4. The SMILES string of the molecule is CCC(C)CC.CCCCCC(C)C. The predicted octanol–water partition coefficient (Wildman–Crippen LogP) is 5.67. The first-order valence-electron chi connectivity index (χ1n) is 6.58. The van der Waals surface area contributed by atoms with Crippen molar-refractivity contribution < 1.29 is 0 Å². The largest absolute Gasteiger partial charge is 0.0654 e. The Morgan fingerprint density at radius 1 is 0.786 bits per heavy atom. The Kier molecular flexibility index (Phi) is 15.3. The monoisotopic (exact) mass is 200 g/mol. The van der Waals surface area contributed by atoms with E-state index in [-0.39, 0.29) is 0 Å². The summed E-state index contributed by atoms with van der Waals surface area (Å²) in [6, 6.07) is 0. The summed E-state index contributed by atoms with van der Waals surface area (Å²) in [7, 11) is 0. The summed E-state index contributed by atoms with van der Waals surface area (Å²) in [6.45, 7) is 13.6. The second kappa shape index (κ2) is 13.0. The molecule has 0 aromatic rings. The quantitative estimate of drug-likeness (QED) is 0.485. The molecule has 0 aliphatic heterocycles. The fourth-order valence-electron chi connectivity index (χ4n) is 1.09. The lowest BCUT2D eigenvalue weighted by Crippen LogP contribution is -1.85. The zero-order valence-corrected chi connectivity index (χ0v) is 11.4. The summed E-state index contributed by atoms with van der Waals surface area (Å²) in [5.74, 6) is 1.84. The molecule has 0 unspecified atom stereocenters. The normalized spacial score (nSPS) is 10.3. The van der Waals surface area contributed by atoms with Gasteiger partial charge in [0.1, 0.15) is 0 Å². The summed E-state index contributed by atoms with van der Waals surface area (Å²) in [6.07, 6.45) is 8.26. The van der Waals surface area contributed by atoms with E-state index in [0.717, 1.165) is 11.8 Å². The van der Waals surface area contributed by atoms with Crippen molar-refractivity contribution in [1.82, 2.24) is 0 Å². The molecule has 88 valence electrons. The molecule has 0 aromatic carbocycles. The lowest BCUT2D eigenvalue weighted by Gasteiger charge is -2.00. The summed E-state index contributed by atoms with van der Waals surface area (Å²) < 4.78 is 0. The molecular formula is C14H32. The van der Waals surface area contributed by atoms with Crippen LogP contribution in [0.15, 0.2) is 0 Å². The van der Waals surface area contributed by atoms with Gasteiger partial charge in [-0.05, 0) is 11.8 Å². The van der Waals surface area contributed by atoms with Crippen LogP contribution >= 0.6 is 0 Å². The van der Waals surface area contributed by atoms with Gasteiger partial charge in [0.25, 0.3) is 0 Å². The van der Waals surface area contributed by atoms with Crippen LogP contribution in [0.5, 0.6) is 0 Å². The Hall–Kier alpha value is 0. The number of hydrogen-bond donors (Lipinski definition) is 0. The molecule has 0 N–H and O–H groups in total. The van der Waals surface area contributed by atoms with Gasteiger partial charge in [-0.3, -0.25) is 0 Å². The minimum absolute atomic E-state index is 0.904. The molecule has 0 saturated carbocycles. The molecule has 0 spiro atoms. The van der Waals surface area contributed by atoms with Crippen molar-refractivity contribution in [2.45, 2.75) is 80.1 Å². The molecule has 0 bridgehead atoms. The van der Waals surface area contributed by atoms with Crippen molar-refractivity contribution in [2.24, 2.45) is 11.8 Å². The molecule has 14 heavy (non-hydrogen) atoms. The molecule has 0 heteroatoms. The molecule has 0 atom stereocenters. The summed E-state index contributed by atoms with van der Waals surface area (Å²) in [5.41, 5.74) is 0. The maximum absolute atomic E-state index is 2.29. The lowest BCUT2D eigenvalue weighted by molar-refractivity contribution is 0.534. The first kappa shape index (κ1) is 16.4. The minimum atomic E-state index is 0.904. The molecule has 0 nitrogen and oxygen atoms in total. The molecule has 0 aliphatic carbocycles. The van der Waals surface area contributed by atoms with E-state index in [9.17, 15) is 0 Å². The summed E-state index contributed by atoms with van der Waals surface area (Å²) in [5, 5.41) is 0.